The average molecular weight is 429 g/mol. The second kappa shape index (κ2) is 8.99. The molecule has 0 aliphatic heterocycles. The van der Waals surface area contributed by atoms with E-state index in [0.29, 0.717) is 0 Å². The minimum absolute atomic E-state index is 0. The zero-order valence-corrected chi connectivity index (χ0v) is 17.6. The predicted octanol–water partition coefficient (Wildman–Crippen LogP) is 4.30. The third-order valence-electron chi connectivity index (χ3n) is 4.75. The molecule has 0 bridgehead atoms. The molecule has 150 valence electrons. The molecule has 6 N–H and O–H groups in total. The molecule has 0 saturated carbocycles. The third-order valence-corrected chi connectivity index (χ3v) is 4.75. The highest BCUT2D eigenvalue weighted by molar-refractivity contribution is 6.10. The summed E-state index contributed by atoms with van der Waals surface area (Å²) in [5.74, 6) is 0.0502. The number of guanidine groups is 1. The van der Waals surface area contributed by atoms with Crippen molar-refractivity contribution < 1.29 is 4.57 Å². The van der Waals surface area contributed by atoms with Crippen LogP contribution in [-0.2, 0) is 6.54 Å². The molecular weight excluding hydrogens is 405 g/mol. The van der Waals surface area contributed by atoms with Crippen molar-refractivity contribution in [2.24, 2.45) is 16.5 Å². The number of aliphatic imine (C=N–C) groups is 1. The van der Waals surface area contributed by atoms with E-state index in [9.17, 15) is 0 Å². The smallest absolute Gasteiger partial charge is 0.220 e. The molecule has 1 aromatic heterocycles. The lowest BCUT2D eigenvalue weighted by atomic mass is 9.98. The first kappa shape index (κ1) is 22.3. The molecule has 1 heterocycles. The molecule has 0 aliphatic rings. The van der Waals surface area contributed by atoms with Crippen LogP contribution in [0.1, 0.15) is 6.92 Å². The molecule has 7 heteroatoms. The van der Waals surface area contributed by atoms with Gasteiger partial charge in [-0.05, 0) is 43.3 Å². The fourth-order valence-electron chi connectivity index (χ4n) is 3.68. The lowest BCUT2D eigenvalue weighted by molar-refractivity contribution is -0.655. The average Bonchev–Trinajstić information content (AvgIpc) is 2.66. The maximum Gasteiger partial charge on any atom is 0.220 e. The lowest BCUT2D eigenvalue weighted by Crippen LogP contribution is -2.36. The normalized spacial score (nSPS) is 10.2. The standard InChI is InChI=1S/C22H21N5.2ClH/c1-2-27-20-13-16(26-22(24)25)9-11-18(20)17-10-8-15(23)12-19(17)21(27)14-6-4-3-5-7-14;;/h3-13H,2,23H2,1H3,(H3,24,25);2*1H/p+1. The zero-order chi connectivity index (χ0) is 19.0. The summed E-state index contributed by atoms with van der Waals surface area (Å²) >= 11 is 0. The highest BCUT2D eigenvalue weighted by Gasteiger charge is 2.22. The molecule has 0 atom stereocenters. The highest BCUT2D eigenvalue weighted by Crippen LogP contribution is 2.33. The van der Waals surface area contributed by atoms with Crippen molar-refractivity contribution in [3.8, 4) is 11.3 Å². The molecule has 0 spiro atoms. The van der Waals surface area contributed by atoms with Gasteiger partial charge in [-0.15, -0.1) is 24.8 Å². The van der Waals surface area contributed by atoms with Crippen LogP contribution >= 0.6 is 24.8 Å². The van der Waals surface area contributed by atoms with E-state index in [0.717, 1.165) is 50.9 Å². The van der Waals surface area contributed by atoms with Crippen LogP contribution in [0.5, 0.6) is 0 Å². The number of nitrogens with zero attached hydrogens (tertiary/aromatic N) is 2. The molecule has 0 saturated heterocycles. The molecule has 0 unspecified atom stereocenters. The van der Waals surface area contributed by atoms with Crippen LogP contribution in [0.2, 0.25) is 0 Å². The van der Waals surface area contributed by atoms with Crippen LogP contribution in [0.3, 0.4) is 0 Å². The molecule has 4 rings (SSSR count). The molecule has 0 amide bonds. The van der Waals surface area contributed by atoms with Crippen molar-refractivity contribution >= 4 is 63.8 Å². The van der Waals surface area contributed by atoms with Crippen LogP contribution in [0, 0.1) is 0 Å². The minimum Gasteiger partial charge on any atom is -0.399 e. The van der Waals surface area contributed by atoms with Gasteiger partial charge >= 0.3 is 0 Å². The number of rotatable bonds is 3. The van der Waals surface area contributed by atoms with E-state index in [1.165, 1.54) is 0 Å². The van der Waals surface area contributed by atoms with Crippen LogP contribution in [0.25, 0.3) is 32.9 Å². The van der Waals surface area contributed by atoms with Crippen molar-refractivity contribution in [1.29, 1.82) is 0 Å². The largest absolute Gasteiger partial charge is 0.399 e. The quantitative estimate of drug-likeness (QED) is 0.149. The van der Waals surface area contributed by atoms with E-state index in [4.69, 9.17) is 17.2 Å². The van der Waals surface area contributed by atoms with Crippen molar-refractivity contribution in [2.45, 2.75) is 13.5 Å². The van der Waals surface area contributed by atoms with Crippen molar-refractivity contribution in [3.05, 3.63) is 66.7 Å². The molecule has 4 aromatic rings. The SMILES string of the molecule is CC[n+]1c(-c2ccccc2)c2cc(N)ccc2c2ccc(N=C(N)N)cc21.Cl.Cl. The Hall–Kier alpha value is -3.02. The van der Waals surface area contributed by atoms with Gasteiger partial charge in [-0.25, -0.2) is 4.99 Å². The number of nitrogens with two attached hydrogens (primary N) is 3. The van der Waals surface area contributed by atoms with Crippen LogP contribution in [0.15, 0.2) is 71.7 Å². The summed E-state index contributed by atoms with van der Waals surface area (Å²) in [6.45, 7) is 2.94. The van der Waals surface area contributed by atoms with Gasteiger partial charge in [-0.2, -0.15) is 4.57 Å². The first-order valence-electron chi connectivity index (χ1n) is 8.92. The van der Waals surface area contributed by atoms with Crippen molar-refractivity contribution in [2.75, 3.05) is 5.73 Å². The van der Waals surface area contributed by atoms with Crippen molar-refractivity contribution in [3.63, 3.8) is 0 Å². The topological polar surface area (TPSA) is 94.3 Å². The van der Waals surface area contributed by atoms with Gasteiger partial charge < -0.3 is 17.2 Å². The number of hydrogen-bond donors (Lipinski definition) is 3. The van der Waals surface area contributed by atoms with E-state index in [1.807, 2.05) is 42.5 Å². The Kier molecular flexibility index (Phi) is 6.90. The Morgan fingerprint density at radius 3 is 2.21 bits per heavy atom. The number of anilines is 1. The minimum atomic E-state index is 0. The van der Waals surface area contributed by atoms with E-state index in [1.54, 1.807) is 0 Å². The Bertz CT molecular complexity index is 1190. The van der Waals surface area contributed by atoms with Gasteiger partial charge in [-0.3, -0.25) is 0 Å². The zero-order valence-electron chi connectivity index (χ0n) is 16.0. The van der Waals surface area contributed by atoms with Crippen LogP contribution < -0.4 is 21.8 Å². The highest BCUT2D eigenvalue weighted by atomic mass is 35.5. The first-order valence-corrected chi connectivity index (χ1v) is 8.92. The van der Waals surface area contributed by atoms with Gasteiger partial charge in [0, 0.05) is 22.7 Å². The second-order valence-electron chi connectivity index (χ2n) is 6.50. The molecular formula is C22H24Cl2N5+. The molecule has 0 radical (unpaired) electrons. The fourth-order valence-corrected chi connectivity index (χ4v) is 3.68. The number of hydrogen-bond acceptors (Lipinski definition) is 2. The Labute approximate surface area is 182 Å². The summed E-state index contributed by atoms with van der Waals surface area (Å²) in [4.78, 5) is 4.22. The molecule has 5 nitrogen and oxygen atoms in total. The Balaban J connectivity index is 0.00000150. The van der Waals surface area contributed by atoms with Crippen LogP contribution in [-0.4, -0.2) is 5.96 Å². The number of fused-ring (bicyclic) bond motifs is 3. The Morgan fingerprint density at radius 1 is 0.862 bits per heavy atom. The maximum atomic E-state index is 6.13. The number of aryl methyl sites for hydroxylation is 1. The van der Waals surface area contributed by atoms with Gasteiger partial charge in [0.25, 0.3) is 0 Å². The van der Waals surface area contributed by atoms with E-state index < -0.39 is 0 Å². The number of pyridine rings is 1. The van der Waals surface area contributed by atoms with Crippen LogP contribution in [0.4, 0.5) is 11.4 Å². The van der Waals surface area contributed by atoms with E-state index >= 15 is 0 Å². The van der Waals surface area contributed by atoms with Gasteiger partial charge in [0.2, 0.25) is 11.2 Å². The maximum absolute atomic E-state index is 6.13. The molecule has 0 aliphatic carbocycles. The van der Waals surface area contributed by atoms with Gasteiger partial charge in [0.05, 0.1) is 16.5 Å². The summed E-state index contributed by atoms with van der Waals surface area (Å²) in [5, 5.41) is 3.42. The van der Waals surface area contributed by atoms with Gasteiger partial charge in [0.15, 0.2) is 5.96 Å². The predicted molar refractivity (Wildman–Crippen MR) is 127 cm³/mol. The summed E-state index contributed by atoms with van der Waals surface area (Å²) in [7, 11) is 0. The van der Waals surface area contributed by atoms with Crippen molar-refractivity contribution in [1.82, 2.24) is 0 Å². The summed E-state index contributed by atoms with van der Waals surface area (Å²) < 4.78 is 2.29. The number of halogens is 2. The van der Waals surface area contributed by atoms with E-state index in [2.05, 4.69) is 40.7 Å². The van der Waals surface area contributed by atoms with Gasteiger partial charge in [0.1, 0.15) is 6.54 Å². The molecule has 3 aromatic carbocycles. The monoisotopic (exact) mass is 428 g/mol. The summed E-state index contributed by atoms with van der Waals surface area (Å²) in [5.41, 5.74) is 22.1. The summed E-state index contributed by atoms with van der Waals surface area (Å²) in [6, 6.07) is 22.5. The second-order valence-corrected chi connectivity index (χ2v) is 6.50. The molecule has 0 fully saturated rings. The Morgan fingerprint density at radius 2 is 1.55 bits per heavy atom. The lowest BCUT2D eigenvalue weighted by Gasteiger charge is -2.12. The number of nitrogen functional groups attached to an aromatic ring is 1. The van der Waals surface area contributed by atoms with E-state index in [-0.39, 0.29) is 30.8 Å². The summed E-state index contributed by atoms with van der Waals surface area (Å²) in [6.07, 6.45) is 0. The first-order chi connectivity index (χ1) is 13.1. The molecule has 29 heavy (non-hydrogen) atoms. The third kappa shape index (κ3) is 4.06. The van der Waals surface area contributed by atoms with Gasteiger partial charge in [-0.1, -0.05) is 24.3 Å². The number of aromatic nitrogens is 1. The number of benzene rings is 3. The fraction of sp³-hybridized carbons (Fsp3) is 0.0909.